The number of hydrogen-bond donors (Lipinski definition) is 1. The highest BCUT2D eigenvalue weighted by molar-refractivity contribution is 5.68. The Morgan fingerprint density at radius 1 is 0.870 bits per heavy atom. The summed E-state index contributed by atoms with van der Waals surface area (Å²) in [6.45, 7) is 0.737. The molecule has 1 aromatic heterocycles. The van der Waals surface area contributed by atoms with E-state index < -0.39 is 0 Å². The topological polar surface area (TPSA) is 37.8 Å². The predicted octanol–water partition coefficient (Wildman–Crippen LogP) is 4.24. The summed E-state index contributed by atoms with van der Waals surface area (Å²) in [5.74, 6) is 0.698. The number of anilines is 1. The molecule has 3 aromatic rings. The third kappa shape index (κ3) is 2.95. The van der Waals surface area contributed by atoms with Gasteiger partial charge in [-0.1, -0.05) is 54.6 Å². The molecule has 0 radical (unpaired) electrons. The lowest BCUT2D eigenvalue weighted by molar-refractivity contribution is 0.829. The van der Waals surface area contributed by atoms with Crippen molar-refractivity contribution >= 4 is 5.95 Å². The summed E-state index contributed by atoms with van der Waals surface area (Å²) in [7, 11) is 0. The second-order valence-electron chi connectivity index (χ2n) is 5.92. The molecule has 0 spiro atoms. The van der Waals surface area contributed by atoms with Gasteiger partial charge in [-0.2, -0.15) is 0 Å². The van der Waals surface area contributed by atoms with Gasteiger partial charge in [-0.25, -0.2) is 9.97 Å². The highest BCUT2D eigenvalue weighted by Gasteiger charge is 2.16. The van der Waals surface area contributed by atoms with Crippen molar-refractivity contribution in [3.63, 3.8) is 0 Å². The molecular formula is C20H19N3. The van der Waals surface area contributed by atoms with Gasteiger partial charge in [0.2, 0.25) is 5.95 Å². The van der Waals surface area contributed by atoms with Crippen molar-refractivity contribution < 1.29 is 0 Å². The minimum absolute atomic E-state index is 0.698. The molecule has 0 fully saturated rings. The van der Waals surface area contributed by atoms with Gasteiger partial charge in [0.05, 0.1) is 5.69 Å². The molecule has 114 valence electrons. The van der Waals surface area contributed by atoms with E-state index >= 15 is 0 Å². The van der Waals surface area contributed by atoms with Gasteiger partial charge in [0.25, 0.3) is 0 Å². The van der Waals surface area contributed by atoms with Crippen LogP contribution in [0.25, 0.3) is 11.3 Å². The summed E-state index contributed by atoms with van der Waals surface area (Å²) in [5.41, 5.74) is 6.21. The highest BCUT2D eigenvalue weighted by Crippen LogP contribution is 2.31. The van der Waals surface area contributed by atoms with Crippen molar-refractivity contribution in [1.29, 1.82) is 0 Å². The van der Waals surface area contributed by atoms with E-state index in [1.54, 1.807) is 0 Å². The molecule has 0 saturated carbocycles. The van der Waals surface area contributed by atoms with Crippen LogP contribution in [0.15, 0.2) is 60.8 Å². The number of fused-ring (bicyclic) bond motifs is 3. The Morgan fingerprint density at radius 3 is 2.57 bits per heavy atom. The van der Waals surface area contributed by atoms with Crippen LogP contribution in [0, 0.1) is 0 Å². The Hall–Kier alpha value is -2.68. The minimum Gasteiger partial charge on any atom is -0.350 e. The molecule has 2 aromatic carbocycles. The normalized spacial score (nSPS) is 12.9. The summed E-state index contributed by atoms with van der Waals surface area (Å²) in [4.78, 5) is 9.31. The number of nitrogens with zero attached hydrogens (tertiary/aromatic N) is 2. The second kappa shape index (κ2) is 6.21. The standard InChI is InChI=1S/C20H19N3/c1-2-7-15(8-3-1)13-21-20-22-14-17-11-6-10-16-9-4-5-12-18(16)19(17)23-20/h1-5,7-9,12,14H,6,10-11,13H2,(H,21,22,23). The van der Waals surface area contributed by atoms with Crippen molar-refractivity contribution in [2.75, 3.05) is 5.32 Å². The van der Waals surface area contributed by atoms with Gasteiger partial charge in [0.1, 0.15) is 0 Å². The maximum atomic E-state index is 4.81. The zero-order chi connectivity index (χ0) is 15.5. The molecule has 1 aliphatic carbocycles. The predicted molar refractivity (Wildman–Crippen MR) is 93.3 cm³/mol. The van der Waals surface area contributed by atoms with Gasteiger partial charge in [-0.05, 0) is 36.0 Å². The zero-order valence-electron chi connectivity index (χ0n) is 13.0. The fourth-order valence-corrected chi connectivity index (χ4v) is 3.12. The van der Waals surface area contributed by atoms with Gasteiger partial charge in [0.15, 0.2) is 0 Å². The first-order valence-corrected chi connectivity index (χ1v) is 8.12. The fraction of sp³-hybridized carbons (Fsp3) is 0.200. The molecule has 4 rings (SSSR count). The van der Waals surface area contributed by atoms with Crippen LogP contribution in [0.4, 0.5) is 5.95 Å². The molecule has 3 heteroatoms. The average Bonchev–Trinajstić information content (AvgIpc) is 2.80. The molecule has 0 atom stereocenters. The maximum Gasteiger partial charge on any atom is 0.223 e. The first-order chi connectivity index (χ1) is 11.4. The van der Waals surface area contributed by atoms with Crippen molar-refractivity contribution in [3.8, 4) is 11.3 Å². The number of nitrogens with one attached hydrogen (secondary N) is 1. The summed E-state index contributed by atoms with van der Waals surface area (Å²) in [6.07, 6.45) is 5.30. The number of benzene rings is 2. The first kappa shape index (κ1) is 13.9. The van der Waals surface area contributed by atoms with E-state index in [-0.39, 0.29) is 0 Å². The number of aryl methyl sites for hydroxylation is 2. The molecular weight excluding hydrogens is 282 g/mol. The van der Waals surface area contributed by atoms with Gasteiger partial charge in [-0.3, -0.25) is 0 Å². The van der Waals surface area contributed by atoms with Crippen molar-refractivity contribution in [1.82, 2.24) is 9.97 Å². The van der Waals surface area contributed by atoms with Crippen LogP contribution in [0.2, 0.25) is 0 Å². The zero-order valence-corrected chi connectivity index (χ0v) is 13.0. The Kier molecular flexibility index (Phi) is 3.76. The van der Waals surface area contributed by atoms with E-state index in [0.717, 1.165) is 31.5 Å². The smallest absolute Gasteiger partial charge is 0.223 e. The van der Waals surface area contributed by atoms with E-state index in [2.05, 4.69) is 46.7 Å². The molecule has 3 nitrogen and oxygen atoms in total. The average molecular weight is 301 g/mol. The second-order valence-corrected chi connectivity index (χ2v) is 5.92. The van der Waals surface area contributed by atoms with Crippen LogP contribution in [0.1, 0.15) is 23.1 Å². The van der Waals surface area contributed by atoms with Gasteiger partial charge < -0.3 is 5.32 Å². The van der Waals surface area contributed by atoms with Crippen LogP contribution in [0.5, 0.6) is 0 Å². The molecule has 1 heterocycles. The Bertz CT molecular complexity index is 812. The van der Waals surface area contributed by atoms with Gasteiger partial charge >= 0.3 is 0 Å². The minimum atomic E-state index is 0.698. The van der Waals surface area contributed by atoms with Crippen molar-refractivity contribution in [3.05, 3.63) is 77.5 Å². The van der Waals surface area contributed by atoms with Crippen LogP contribution in [0.3, 0.4) is 0 Å². The summed E-state index contributed by atoms with van der Waals surface area (Å²) in [5, 5.41) is 3.34. The quantitative estimate of drug-likeness (QED) is 0.786. The van der Waals surface area contributed by atoms with Crippen LogP contribution in [-0.4, -0.2) is 9.97 Å². The van der Waals surface area contributed by atoms with Crippen LogP contribution >= 0.6 is 0 Å². The Morgan fingerprint density at radius 2 is 1.65 bits per heavy atom. The van der Waals surface area contributed by atoms with E-state index in [1.165, 1.54) is 22.3 Å². The molecule has 1 aliphatic rings. The number of hydrogen-bond acceptors (Lipinski definition) is 3. The van der Waals surface area contributed by atoms with E-state index in [9.17, 15) is 0 Å². The maximum absolute atomic E-state index is 4.81. The summed E-state index contributed by atoms with van der Waals surface area (Å²) >= 11 is 0. The third-order valence-electron chi connectivity index (χ3n) is 4.32. The lowest BCUT2D eigenvalue weighted by atomic mass is 10.0. The molecule has 23 heavy (non-hydrogen) atoms. The lowest BCUT2D eigenvalue weighted by Crippen LogP contribution is -2.05. The molecule has 1 N–H and O–H groups in total. The van der Waals surface area contributed by atoms with Crippen molar-refractivity contribution in [2.24, 2.45) is 0 Å². The highest BCUT2D eigenvalue weighted by atomic mass is 15.1. The monoisotopic (exact) mass is 301 g/mol. The fourth-order valence-electron chi connectivity index (χ4n) is 3.12. The summed E-state index contributed by atoms with van der Waals surface area (Å²) in [6, 6.07) is 18.9. The van der Waals surface area contributed by atoms with Gasteiger partial charge in [-0.15, -0.1) is 0 Å². The van der Waals surface area contributed by atoms with E-state index in [4.69, 9.17) is 4.98 Å². The van der Waals surface area contributed by atoms with Gasteiger partial charge in [0, 0.05) is 18.3 Å². The number of rotatable bonds is 3. The third-order valence-corrected chi connectivity index (χ3v) is 4.32. The first-order valence-electron chi connectivity index (χ1n) is 8.12. The molecule has 0 bridgehead atoms. The van der Waals surface area contributed by atoms with Crippen molar-refractivity contribution in [2.45, 2.75) is 25.8 Å². The molecule has 0 saturated heterocycles. The Balaban J connectivity index is 1.64. The van der Waals surface area contributed by atoms with Crippen LogP contribution < -0.4 is 5.32 Å². The Labute approximate surface area is 136 Å². The van der Waals surface area contributed by atoms with E-state index in [0.29, 0.717) is 5.95 Å². The number of aromatic nitrogens is 2. The molecule has 0 unspecified atom stereocenters. The molecule has 0 amide bonds. The SMILES string of the molecule is c1ccc(CNc2ncc3c(n2)-c2ccccc2CCC3)cc1. The summed E-state index contributed by atoms with van der Waals surface area (Å²) < 4.78 is 0. The largest absolute Gasteiger partial charge is 0.350 e. The lowest BCUT2D eigenvalue weighted by Gasteiger charge is -2.11. The van der Waals surface area contributed by atoms with Crippen LogP contribution in [-0.2, 0) is 19.4 Å². The molecule has 0 aliphatic heterocycles. The van der Waals surface area contributed by atoms with E-state index in [1.807, 2.05) is 24.4 Å².